The van der Waals surface area contributed by atoms with Gasteiger partial charge >= 0.3 is 11.9 Å². The van der Waals surface area contributed by atoms with Crippen LogP contribution in [-0.4, -0.2) is 43.6 Å². The molecule has 0 aliphatic carbocycles. The summed E-state index contributed by atoms with van der Waals surface area (Å²) in [6.07, 6.45) is 1.25. The fourth-order valence-electron chi connectivity index (χ4n) is 3.18. The molecular formula is C25H30O7S. The van der Waals surface area contributed by atoms with E-state index in [2.05, 4.69) is 0 Å². The van der Waals surface area contributed by atoms with Crippen LogP contribution >= 0.6 is 0 Å². The minimum atomic E-state index is -1.83. The van der Waals surface area contributed by atoms with Crippen molar-refractivity contribution in [3.63, 3.8) is 0 Å². The van der Waals surface area contributed by atoms with E-state index < -0.39 is 28.2 Å². The summed E-state index contributed by atoms with van der Waals surface area (Å²) in [5.41, 5.74) is -0.188. The summed E-state index contributed by atoms with van der Waals surface area (Å²) in [5.74, 6) is -0.607. The fourth-order valence-corrected chi connectivity index (χ4v) is 4.10. The average molecular weight is 475 g/mol. The topological polar surface area (TPSA) is 88.1 Å². The predicted molar refractivity (Wildman–Crippen MR) is 126 cm³/mol. The average Bonchev–Trinajstić information content (AvgIpc) is 2.82. The van der Waals surface area contributed by atoms with Crippen molar-refractivity contribution in [1.29, 1.82) is 0 Å². The Labute approximate surface area is 197 Å². The standard InChI is InChI=1S/C25H30O7S/c1-6-31-23(26)25(24(27)32-7-2,14-15-33(28)20-11-8-18(3)9-12-20)17-19-10-13-21(29-4)22(16-19)30-5/h8-16H,6-7,17H2,1-5H3/b15-14+. The molecule has 0 aliphatic heterocycles. The summed E-state index contributed by atoms with van der Waals surface area (Å²) < 4.78 is 34.0. The van der Waals surface area contributed by atoms with Gasteiger partial charge in [0.25, 0.3) is 0 Å². The summed E-state index contributed by atoms with van der Waals surface area (Å²) in [6.45, 7) is 5.37. The first-order valence-corrected chi connectivity index (χ1v) is 11.7. The Kier molecular flexibility index (Phi) is 9.66. The Morgan fingerprint density at radius 1 is 0.909 bits per heavy atom. The van der Waals surface area contributed by atoms with E-state index in [4.69, 9.17) is 18.9 Å². The zero-order valence-electron chi connectivity index (χ0n) is 19.6. The molecule has 7 nitrogen and oxygen atoms in total. The summed E-state index contributed by atoms with van der Waals surface area (Å²) in [6, 6.07) is 12.2. The van der Waals surface area contributed by atoms with E-state index in [0.29, 0.717) is 22.0 Å². The van der Waals surface area contributed by atoms with E-state index in [1.807, 2.05) is 19.1 Å². The van der Waals surface area contributed by atoms with Crippen LogP contribution in [0.2, 0.25) is 0 Å². The van der Waals surface area contributed by atoms with E-state index in [1.165, 1.54) is 25.7 Å². The summed E-state index contributed by atoms with van der Waals surface area (Å²) in [7, 11) is 1.42. The number of hydrogen-bond acceptors (Lipinski definition) is 7. The second-order valence-corrected chi connectivity index (χ2v) is 8.53. The first-order chi connectivity index (χ1) is 15.8. The Morgan fingerprint density at radius 2 is 1.48 bits per heavy atom. The third-order valence-electron chi connectivity index (χ3n) is 4.94. The van der Waals surface area contributed by atoms with Crippen LogP contribution in [0.5, 0.6) is 11.5 Å². The van der Waals surface area contributed by atoms with Crippen molar-refractivity contribution in [1.82, 2.24) is 0 Å². The molecule has 2 aromatic carbocycles. The van der Waals surface area contributed by atoms with Crippen LogP contribution in [0.4, 0.5) is 0 Å². The van der Waals surface area contributed by atoms with Gasteiger partial charge in [-0.05, 0) is 56.7 Å². The van der Waals surface area contributed by atoms with Crippen LogP contribution in [0.1, 0.15) is 25.0 Å². The van der Waals surface area contributed by atoms with Gasteiger partial charge in [0.2, 0.25) is 0 Å². The Bertz CT molecular complexity index is 994. The minimum absolute atomic E-state index is 0.0703. The fraction of sp³-hybridized carbons (Fsp3) is 0.360. The second kappa shape index (κ2) is 12.2. The van der Waals surface area contributed by atoms with Crippen molar-refractivity contribution in [3.05, 3.63) is 65.1 Å². The molecule has 33 heavy (non-hydrogen) atoms. The maximum Gasteiger partial charge on any atom is 0.327 e. The molecule has 0 radical (unpaired) electrons. The highest BCUT2D eigenvalue weighted by atomic mass is 32.2. The van der Waals surface area contributed by atoms with E-state index in [0.717, 1.165) is 5.56 Å². The third-order valence-corrected chi connectivity index (χ3v) is 6.06. The van der Waals surface area contributed by atoms with Crippen molar-refractivity contribution < 1.29 is 32.7 Å². The number of methoxy groups -OCH3 is 2. The summed E-state index contributed by atoms with van der Waals surface area (Å²) >= 11 is 0. The molecule has 1 unspecified atom stereocenters. The van der Waals surface area contributed by atoms with E-state index in [1.54, 1.807) is 44.2 Å². The molecular weight excluding hydrogens is 444 g/mol. The van der Waals surface area contributed by atoms with Crippen molar-refractivity contribution in [2.45, 2.75) is 32.1 Å². The molecule has 0 N–H and O–H groups in total. The van der Waals surface area contributed by atoms with E-state index in [9.17, 15) is 13.8 Å². The molecule has 0 fully saturated rings. The summed E-state index contributed by atoms with van der Waals surface area (Å²) in [4.78, 5) is 26.8. The quantitative estimate of drug-likeness (QED) is 0.359. The van der Waals surface area contributed by atoms with Gasteiger partial charge in [0, 0.05) is 16.7 Å². The predicted octanol–water partition coefficient (Wildman–Crippen LogP) is 3.99. The van der Waals surface area contributed by atoms with Gasteiger partial charge in [-0.15, -0.1) is 0 Å². The first-order valence-electron chi connectivity index (χ1n) is 10.5. The summed E-state index contributed by atoms with van der Waals surface area (Å²) in [5, 5.41) is 1.33. The highest BCUT2D eigenvalue weighted by Crippen LogP contribution is 2.34. The van der Waals surface area contributed by atoms with Gasteiger partial charge in [-0.25, -0.2) is 4.21 Å². The number of aryl methyl sites for hydroxylation is 1. The zero-order valence-corrected chi connectivity index (χ0v) is 20.4. The number of ether oxygens (including phenoxy) is 4. The molecule has 0 saturated carbocycles. The van der Waals surface area contributed by atoms with Crippen LogP contribution in [0.15, 0.2) is 58.8 Å². The van der Waals surface area contributed by atoms with Gasteiger partial charge in [-0.1, -0.05) is 23.8 Å². The zero-order chi connectivity index (χ0) is 24.4. The number of rotatable bonds is 11. The highest BCUT2D eigenvalue weighted by molar-refractivity contribution is 7.88. The molecule has 2 rings (SSSR count). The second-order valence-electron chi connectivity index (χ2n) is 7.19. The van der Waals surface area contributed by atoms with E-state index >= 15 is 0 Å². The number of benzene rings is 2. The van der Waals surface area contributed by atoms with Crippen molar-refractivity contribution in [2.75, 3.05) is 27.4 Å². The molecule has 0 amide bonds. The van der Waals surface area contributed by atoms with E-state index in [-0.39, 0.29) is 19.6 Å². The molecule has 0 aromatic heterocycles. The van der Waals surface area contributed by atoms with Gasteiger partial charge in [0.05, 0.1) is 38.2 Å². The highest BCUT2D eigenvalue weighted by Gasteiger charge is 2.47. The Hall–Kier alpha value is -3.13. The van der Waals surface area contributed by atoms with Crippen molar-refractivity contribution in [2.24, 2.45) is 5.41 Å². The van der Waals surface area contributed by atoms with Gasteiger partial charge in [-0.2, -0.15) is 0 Å². The number of carbonyl (C=O) groups is 2. The van der Waals surface area contributed by atoms with Crippen LogP contribution in [0, 0.1) is 12.3 Å². The lowest BCUT2D eigenvalue weighted by molar-refractivity contribution is -0.167. The van der Waals surface area contributed by atoms with Crippen LogP contribution < -0.4 is 9.47 Å². The molecule has 0 saturated heterocycles. The SMILES string of the molecule is CCOC(=O)C(/C=C/S(=O)c1ccc(C)cc1)(Cc1ccc(OC)c(OC)c1)C(=O)OCC. The normalized spacial score (nSPS) is 12.3. The monoisotopic (exact) mass is 474 g/mol. The lowest BCUT2D eigenvalue weighted by Gasteiger charge is -2.26. The van der Waals surface area contributed by atoms with Gasteiger partial charge in [-0.3, -0.25) is 9.59 Å². The Morgan fingerprint density at radius 3 is 2.00 bits per heavy atom. The number of carbonyl (C=O) groups excluding carboxylic acids is 2. The third kappa shape index (κ3) is 6.44. The lowest BCUT2D eigenvalue weighted by Crippen LogP contribution is -2.42. The molecule has 1 atom stereocenters. The number of hydrogen-bond donors (Lipinski definition) is 0. The largest absolute Gasteiger partial charge is 0.493 e. The Balaban J connectivity index is 2.55. The molecule has 2 aromatic rings. The molecule has 178 valence electrons. The minimum Gasteiger partial charge on any atom is -0.493 e. The van der Waals surface area contributed by atoms with Crippen LogP contribution in [-0.2, 0) is 36.3 Å². The van der Waals surface area contributed by atoms with Crippen molar-refractivity contribution >= 4 is 22.7 Å². The molecule has 0 spiro atoms. The first kappa shape index (κ1) is 26.1. The maximum atomic E-state index is 13.1. The van der Waals surface area contributed by atoms with Crippen LogP contribution in [0.25, 0.3) is 0 Å². The van der Waals surface area contributed by atoms with Gasteiger partial charge in [0.1, 0.15) is 0 Å². The number of esters is 2. The van der Waals surface area contributed by atoms with Gasteiger partial charge in [0.15, 0.2) is 16.9 Å². The molecule has 8 heteroatoms. The van der Waals surface area contributed by atoms with Crippen LogP contribution in [0.3, 0.4) is 0 Å². The molecule has 0 bridgehead atoms. The van der Waals surface area contributed by atoms with Crippen molar-refractivity contribution in [3.8, 4) is 11.5 Å². The van der Waals surface area contributed by atoms with Gasteiger partial charge < -0.3 is 18.9 Å². The lowest BCUT2D eigenvalue weighted by atomic mass is 9.81. The molecule has 0 aliphatic rings. The smallest absolute Gasteiger partial charge is 0.327 e. The molecule has 0 heterocycles. The maximum absolute atomic E-state index is 13.1.